The van der Waals surface area contributed by atoms with Crippen molar-refractivity contribution in [3.05, 3.63) is 21.9 Å². The summed E-state index contributed by atoms with van der Waals surface area (Å²) in [6, 6.07) is 3.73. The molecule has 1 rings (SSSR count). The van der Waals surface area contributed by atoms with E-state index in [9.17, 15) is 0 Å². The van der Waals surface area contributed by atoms with Crippen LogP contribution < -0.4 is 0 Å². The van der Waals surface area contributed by atoms with E-state index >= 15 is 0 Å². The molecule has 0 amide bonds. The second-order valence-corrected chi connectivity index (χ2v) is 3.59. The second-order valence-electron chi connectivity index (χ2n) is 2.51. The largest absolute Gasteiger partial charge is 0.393 e. The van der Waals surface area contributed by atoms with Gasteiger partial charge in [-0.2, -0.15) is 0 Å². The molecule has 0 radical (unpaired) electrons. The van der Waals surface area contributed by atoms with E-state index in [1.165, 1.54) is 11.3 Å². The Balaban J connectivity index is 2.74. The van der Waals surface area contributed by atoms with E-state index < -0.39 is 6.10 Å². The third-order valence-electron chi connectivity index (χ3n) is 1.39. The lowest BCUT2D eigenvalue weighted by Gasteiger charge is -1.92. The number of rotatable bonds is 1. The second kappa shape index (κ2) is 5.47. The van der Waals surface area contributed by atoms with Gasteiger partial charge in [-0.05, 0) is 19.1 Å². The molecule has 0 aliphatic heterocycles. The molecule has 0 saturated heterocycles. The maximum absolute atomic E-state index is 8.98. The van der Waals surface area contributed by atoms with Crippen LogP contribution in [0.1, 0.15) is 16.7 Å². The molecule has 72 valence electrons. The van der Waals surface area contributed by atoms with E-state index in [4.69, 9.17) is 10.2 Å². The molecule has 0 spiro atoms. The van der Waals surface area contributed by atoms with Crippen molar-refractivity contribution in [2.45, 2.75) is 13.0 Å². The van der Waals surface area contributed by atoms with Gasteiger partial charge in [-0.1, -0.05) is 17.8 Å². The van der Waals surface area contributed by atoms with Gasteiger partial charge in [0.15, 0.2) is 0 Å². The smallest absolute Gasteiger partial charge is 0.138 e. The Labute approximate surface area is 87.2 Å². The molecular formula is C11H10O2S. The van der Waals surface area contributed by atoms with Crippen molar-refractivity contribution in [1.29, 1.82) is 0 Å². The Kier molecular flexibility index (Phi) is 4.22. The van der Waals surface area contributed by atoms with E-state index in [0.29, 0.717) is 0 Å². The molecule has 0 aliphatic carbocycles. The average Bonchev–Trinajstić information content (AvgIpc) is 2.63. The standard InChI is InChI=1S/C11H10O2S/c1-2-3-10-6-7-11(14-10)5-4-9(13)8-12/h6-7,9,12-13H,8H2,1H3/t9-/m0/s1. The number of thiophene rings is 1. The summed E-state index contributed by atoms with van der Waals surface area (Å²) in [5.41, 5.74) is 0. The molecule has 1 aromatic heterocycles. The SMILES string of the molecule is CC#Cc1ccc(C#C[C@H](O)CO)s1. The lowest BCUT2D eigenvalue weighted by atomic mass is 10.3. The lowest BCUT2D eigenvalue weighted by Crippen LogP contribution is -2.07. The van der Waals surface area contributed by atoms with Crippen molar-refractivity contribution < 1.29 is 10.2 Å². The van der Waals surface area contributed by atoms with Gasteiger partial charge in [0.05, 0.1) is 16.4 Å². The Bertz CT molecular complexity index is 412. The van der Waals surface area contributed by atoms with E-state index in [0.717, 1.165) is 9.75 Å². The van der Waals surface area contributed by atoms with Crippen molar-refractivity contribution in [3.8, 4) is 23.7 Å². The first-order chi connectivity index (χ1) is 6.76. The molecule has 0 saturated carbocycles. The van der Waals surface area contributed by atoms with Crippen LogP contribution in [0, 0.1) is 23.7 Å². The zero-order valence-corrected chi connectivity index (χ0v) is 8.56. The van der Waals surface area contributed by atoms with Gasteiger partial charge in [-0.15, -0.1) is 17.3 Å². The van der Waals surface area contributed by atoms with Crippen molar-refractivity contribution in [2.75, 3.05) is 6.61 Å². The Morgan fingerprint density at radius 2 is 2.00 bits per heavy atom. The summed E-state index contributed by atoms with van der Waals surface area (Å²) >= 11 is 1.47. The zero-order valence-electron chi connectivity index (χ0n) is 7.74. The number of aliphatic hydroxyl groups is 2. The summed E-state index contributed by atoms with van der Waals surface area (Å²) in [7, 11) is 0. The molecule has 0 bridgehead atoms. The summed E-state index contributed by atoms with van der Waals surface area (Å²) in [5.74, 6) is 11.0. The summed E-state index contributed by atoms with van der Waals surface area (Å²) < 4.78 is 0. The highest BCUT2D eigenvalue weighted by molar-refractivity contribution is 7.13. The Morgan fingerprint density at radius 1 is 1.36 bits per heavy atom. The maximum atomic E-state index is 8.98. The highest BCUT2D eigenvalue weighted by Gasteiger charge is 1.95. The van der Waals surface area contributed by atoms with Gasteiger partial charge in [0, 0.05) is 0 Å². The fourth-order valence-corrected chi connectivity index (χ4v) is 1.57. The summed E-state index contributed by atoms with van der Waals surface area (Å²) in [6.07, 6.45) is -0.960. The topological polar surface area (TPSA) is 40.5 Å². The van der Waals surface area contributed by atoms with Gasteiger partial charge >= 0.3 is 0 Å². The molecule has 2 nitrogen and oxygen atoms in total. The molecule has 1 aromatic rings. The van der Waals surface area contributed by atoms with Gasteiger partial charge in [0.25, 0.3) is 0 Å². The van der Waals surface area contributed by atoms with Crippen LogP contribution in [0.3, 0.4) is 0 Å². The van der Waals surface area contributed by atoms with Crippen LogP contribution in [0.5, 0.6) is 0 Å². The first-order valence-electron chi connectivity index (χ1n) is 4.09. The zero-order chi connectivity index (χ0) is 10.4. The molecule has 0 aromatic carbocycles. The molecule has 1 atom stereocenters. The van der Waals surface area contributed by atoms with Crippen LogP contribution in [0.2, 0.25) is 0 Å². The summed E-state index contributed by atoms with van der Waals surface area (Å²) in [5, 5.41) is 17.5. The predicted octanol–water partition coefficient (Wildman–Crippen LogP) is 0.824. The van der Waals surface area contributed by atoms with E-state index in [1.807, 2.05) is 12.1 Å². The minimum atomic E-state index is -0.960. The number of hydrogen-bond acceptors (Lipinski definition) is 3. The van der Waals surface area contributed by atoms with E-state index in [2.05, 4.69) is 23.7 Å². The third-order valence-corrected chi connectivity index (χ3v) is 2.31. The predicted molar refractivity (Wildman–Crippen MR) is 56.8 cm³/mol. The first kappa shape index (κ1) is 10.8. The van der Waals surface area contributed by atoms with Crippen LogP contribution in [0.25, 0.3) is 0 Å². The van der Waals surface area contributed by atoms with Crippen molar-refractivity contribution >= 4 is 11.3 Å². The minimum Gasteiger partial charge on any atom is -0.393 e. The highest BCUT2D eigenvalue weighted by atomic mass is 32.1. The van der Waals surface area contributed by atoms with E-state index in [-0.39, 0.29) is 6.61 Å². The lowest BCUT2D eigenvalue weighted by molar-refractivity contribution is 0.138. The molecule has 0 aliphatic rings. The molecule has 2 N–H and O–H groups in total. The average molecular weight is 206 g/mol. The van der Waals surface area contributed by atoms with Crippen LogP contribution in [0.4, 0.5) is 0 Å². The quantitative estimate of drug-likeness (QED) is 0.668. The van der Waals surface area contributed by atoms with Gasteiger partial charge in [0.1, 0.15) is 6.10 Å². The third kappa shape index (κ3) is 3.24. The van der Waals surface area contributed by atoms with Crippen LogP contribution in [-0.4, -0.2) is 22.9 Å². The van der Waals surface area contributed by atoms with Gasteiger partial charge in [0.2, 0.25) is 0 Å². The summed E-state index contributed by atoms with van der Waals surface area (Å²) in [6.45, 7) is 1.45. The minimum absolute atomic E-state index is 0.333. The molecule has 0 fully saturated rings. The van der Waals surface area contributed by atoms with E-state index in [1.54, 1.807) is 6.92 Å². The fourth-order valence-electron chi connectivity index (χ4n) is 0.796. The highest BCUT2D eigenvalue weighted by Crippen LogP contribution is 2.13. The van der Waals surface area contributed by atoms with Gasteiger partial charge in [-0.25, -0.2) is 0 Å². The van der Waals surface area contributed by atoms with Crippen molar-refractivity contribution in [2.24, 2.45) is 0 Å². The molecule has 14 heavy (non-hydrogen) atoms. The summed E-state index contributed by atoms with van der Waals surface area (Å²) in [4.78, 5) is 1.80. The molecule has 3 heteroatoms. The Hall–Kier alpha value is -1.26. The van der Waals surface area contributed by atoms with Crippen LogP contribution in [0.15, 0.2) is 12.1 Å². The maximum Gasteiger partial charge on any atom is 0.138 e. The van der Waals surface area contributed by atoms with Gasteiger partial charge in [-0.3, -0.25) is 0 Å². The van der Waals surface area contributed by atoms with Gasteiger partial charge < -0.3 is 10.2 Å². The van der Waals surface area contributed by atoms with Crippen molar-refractivity contribution in [3.63, 3.8) is 0 Å². The molecule has 0 unspecified atom stereocenters. The molecule has 1 heterocycles. The number of hydrogen-bond donors (Lipinski definition) is 2. The van der Waals surface area contributed by atoms with Crippen LogP contribution in [-0.2, 0) is 0 Å². The van der Waals surface area contributed by atoms with Crippen molar-refractivity contribution in [1.82, 2.24) is 0 Å². The monoisotopic (exact) mass is 206 g/mol. The number of aliphatic hydroxyl groups excluding tert-OH is 2. The first-order valence-corrected chi connectivity index (χ1v) is 4.91. The fraction of sp³-hybridized carbons (Fsp3) is 0.273. The normalized spacial score (nSPS) is 10.8. The molecular weight excluding hydrogens is 196 g/mol. The Morgan fingerprint density at radius 3 is 2.57 bits per heavy atom. The van der Waals surface area contributed by atoms with Crippen LogP contribution >= 0.6 is 11.3 Å².